The molecule has 7 nitrogen and oxygen atoms in total. The van der Waals surface area contributed by atoms with Crippen LogP contribution in [0.2, 0.25) is 5.02 Å². The Kier molecular flexibility index (Phi) is 5.36. The Morgan fingerprint density at radius 1 is 1.09 bits per heavy atom. The van der Waals surface area contributed by atoms with Crippen molar-refractivity contribution in [2.45, 2.75) is 13.0 Å². The van der Waals surface area contributed by atoms with Gasteiger partial charge in [0.25, 0.3) is 0 Å². The van der Waals surface area contributed by atoms with Crippen LogP contribution in [0.15, 0.2) is 36.7 Å². The second-order valence-electron chi connectivity index (χ2n) is 8.12. The molecule has 170 valence electrons. The van der Waals surface area contributed by atoms with Gasteiger partial charge in [-0.15, -0.1) is 0 Å². The highest BCUT2D eigenvalue weighted by Gasteiger charge is 2.44. The molecule has 0 spiro atoms. The molecule has 33 heavy (non-hydrogen) atoms. The molecule has 0 aliphatic carbocycles. The third kappa shape index (κ3) is 3.76. The smallest absolute Gasteiger partial charge is 0.247 e. The Bertz CT molecular complexity index is 1280. The summed E-state index contributed by atoms with van der Waals surface area (Å²) < 4.78 is 29.8. The van der Waals surface area contributed by atoms with E-state index in [1.807, 2.05) is 4.90 Å². The zero-order valence-corrected chi connectivity index (χ0v) is 18.5. The van der Waals surface area contributed by atoms with Crippen molar-refractivity contribution >= 4 is 40.1 Å². The summed E-state index contributed by atoms with van der Waals surface area (Å²) in [4.78, 5) is 37.7. The van der Waals surface area contributed by atoms with Gasteiger partial charge in [0.2, 0.25) is 11.8 Å². The molecule has 2 aliphatic rings. The molecule has 5 rings (SSSR count). The summed E-state index contributed by atoms with van der Waals surface area (Å²) in [7, 11) is 0. The summed E-state index contributed by atoms with van der Waals surface area (Å²) in [6.07, 6.45) is 1.27. The van der Waals surface area contributed by atoms with Crippen molar-refractivity contribution < 1.29 is 18.4 Å². The molecule has 2 saturated heterocycles. The first-order valence-electron chi connectivity index (χ1n) is 10.6. The lowest BCUT2D eigenvalue weighted by Gasteiger charge is -2.35. The fraction of sp³-hybridized carbons (Fsp3) is 0.304. The van der Waals surface area contributed by atoms with Crippen LogP contribution in [0.1, 0.15) is 6.92 Å². The van der Waals surface area contributed by atoms with Gasteiger partial charge < -0.3 is 14.7 Å². The van der Waals surface area contributed by atoms with E-state index < -0.39 is 11.6 Å². The highest BCUT2D eigenvalue weighted by molar-refractivity contribution is 6.34. The van der Waals surface area contributed by atoms with Crippen LogP contribution in [0, 0.1) is 11.6 Å². The van der Waals surface area contributed by atoms with Crippen LogP contribution < -0.4 is 4.90 Å². The van der Waals surface area contributed by atoms with Gasteiger partial charge in [-0.3, -0.25) is 9.59 Å². The fourth-order valence-corrected chi connectivity index (χ4v) is 4.62. The van der Waals surface area contributed by atoms with Crippen molar-refractivity contribution in [2.75, 3.05) is 37.6 Å². The highest BCUT2D eigenvalue weighted by Crippen LogP contribution is 2.38. The summed E-state index contributed by atoms with van der Waals surface area (Å²) in [5.41, 5.74) is 0.0758. The van der Waals surface area contributed by atoms with Crippen molar-refractivity contribution in [1.82, 2.24) is 19.8 Å². The number of anilines is 1. The number of rotatable bonds is 3. The van der Waals surface area contributed by atoms with Gasteiger partial charge in [0, 0.05) is 49.6 Å². The first-order valence-corrected chi connectivity index (χ1v) is 10.9. The molecule has 3 aromatic rings. The van der Waals surface area contributed by atoms with E-state index >= 15 is 4.39 Å². The first kappa shape index (κ1) is 21.5. The van der Waals surface area contributed by atoms with Crippen LogP contribution in [0.3, 0.4) is 0 Å². The van der Waals surface area contributed by atoms with Crippen LogP contribution in [-0.4, -0.2) is 70.3 Å². The Morgan fingerprint density at radius 2 is 1.82 bits per heavy atom. The van der Waals surface area contributed by atoms with Crippen LogP contribution >= 0.6 is 11.6 Å². The van der Waals surface area contributed by atoms with E-state index in [0.717, 1.165) is 0 Å². The van der Waals surface area contributed by atoms with Crippen molar-refractivity contribution in [3.05, 3.63) is 53.3 Å². The highest BCUT2D eigenvalue weighted by atomic mass is 35.5. The number of hydrogen-bond donors (Lipinski definition) is 0. The predicted octanol–water partition coefficient (Wildman–Crippen LogP) is 3.11. The Balaban J connectivity index is 1.42. The van der Waals surface area contributed by atoms with Crippen LogP contribution in [0.5, 0.6) is 0 Å². The largest absolute Gasteiger partial charge is 0.352 e. The Hall–Kier alpha value is -3.33. The topological polar surface area (TPSA) is 69.4 Å². The van der Waals surface area contributed by atoms with E-state index in [0.29, 0.717) is 43.9 Å². The molecule has 0 bridgehead atoms. The fourth-order valence-electron chi connectivity index (χ4n) is 4.33. The molecule has 2 fully saturated rings. The van der Waals surface area contributed by atoms with E-state index in [1.54, 1.807) is 17.0 Å². The zero-order valence-electron chi connectivity index (χ0n) is 17.8. The number of fused-ring (bicyclic) bond motifs is 1. The maximum atomic E-state index is 15.5. The molecule has 10 heteroatoms. The second-order valence-corrected chi connectivity index (χ2v) is 8.53. The number of halogens is 3. The molecule has 1 aromatic heterocycles. The summed E-state index contributed by atoms with van der Waals surface area (Å²) >= 11 is 6.41. The second kappa shape index (κ2) is 8.22. The molecule has 0 saturated carbocycles. The van der Waals surface area contributed by atoms with Crippen molar-refractivity contribution in [2.24, 2.45) is 0 Å². The summed E-state index contributed by atoms with van der Waals surface area (Å²) in [5, 5.41) is 0.484. The third-order valence-corrected chi connectivity index (χ3v) is 6.43. The summed E-state index contributed by atoms with van der Waals surface area (Å²) in [5.74, 6) is -0.941. The molecule has 3 heterocycles. The molecular weight excluding hydrogens is 452 g/mol. The summed E-state index contributed by atoms with van der Waals surface area (Å²) in [6.45, 7) is 3.80. The molecule has 0 radical (unpaired) electrons. The standard InChI is InChI=1S/C23H20ClF2N5O2/c1-13(32)31-11-18(31)23(33)30-8-6-29(7-9-30)22-15-10-16(24)19(14-4-2-3-5-17(14)25)20(26)21(15)27-12-28-22/h2-5,10,12,18H,6-9,11H2,1H3. The van der Waals surface area contributed by atoms with Crippen molar-refractivity contribution in [3.63, 3.8) is 0 Å². The van der Waals surface area contributed by atoms with Gasteiger partial charge in [0.05, 0.1) is 11.6 Å². The van der Waals surface area contributed by atoms with Gasteiger partial charge in [-0.2, -0.15) is 0 Å². The maximum absolute atomic E-state index is 15.5. The lowest BCUT2D eigenvalue weighted by molar-refractivity contribution is -0.134. The van der Waals surface area contributed by atoms with Crippen molar-refractivity contribution in [3.8, 4) is 11.1 Å². The van der Waals surface area contributed by atoms with Gasteiger partial charge in [-0.05, 0) is 12.1 Å². The molecule has 2 amide bonds. The van der Waals surface area contributed by atoms with Crippen LogP contribution in [-0.2, 0) is 9.59 Å². The van der Waals surface area contributed by atoms with Gasteiger partial charge in [-0.25, -0.2) is 18.7 Å². The first-order chi connectivity index (χ1) is 15.9. The average molecular weight is 472 g/mol. The van der Waals surface area contributed by atoms with Gasteiger partial charge in [-0.1, -0.05) is 29.8 Å². The molecule has 2 aromatic carbocycles. The van der Waals surface area contributed by atoms with Gasteiger partial charge >= 0.3 is 0 Å². The minimum atomic E-state index is -0.710. The third-order valence-electron chi connectivity index (χ3n) is 6.14. The number of carbonyl (C=O) groups is 2. The quantitative estimate of drug-likeness (QED) is 0.549. The van der Waals surface area contributed by atoms with E-state index in [2.05, 4.69) is 9.97 Å². The lowest BCUT2D eigenvalue weighted by atomic mass is 10.0. The number of benzene rings is 2. The average Bonchev–Trinajstić information content (AvgIpc) is 3.61. The van der Waals surface area contributed by atoms with E-state index in [-0.39, 0.29) is 39.5 Å². The molecule has 1 atom stereocenters. The predicted molar refractivity (Wildman–Crippen MR) is 120 cm³/mol. The maximum Gasteiger partial charge on any atom is 0.247 e. The number of nitrogens with zero attached hydrogens (tertiary/aromatic N) is 5. The summed E-state index contributed by atoms with van der Waals surface area (Å²) in [6, 6.07) is 7.05. The van der Waals surface area contributed by atoms with Crippen LogP contribution in [0.25, 0.3) is 22.0 Å². The molecule has 0 N–H and O–H groups in total. The number of piperazine rings is 1. The van der Waals surface area contributed by atoms with E-state index in [9.17, 15) is 14.0 Å². The minimum Gasteiger partial charge on any atom is -0.352 e. The van der Waals surface area contributed by atoms with Crippen molar-refractivity contribution in [1.29, 1.82) is 0 Å². The van der Waals surface area contributed by atoms with E-state index in [1.165, 1.54) is 36.4 Å². The molecule has 2 aliphatic heterocycles. The zero-order chi connectivity index (χ0) is 23.3. The number of carbonyl (C=O) groups excluding carboxylic acids is 2. The molecule has 1 unspecified atom stereocenters. The number of amides is 2. The monoisotopic (exact) mass is 471 g/mol. The SMILES string of the molecule is CC(=O)N1CC1C(=O)N1CCN(c2ncnc3c(F)c(-c4ccccc4F)c(Cl)cc23)CC1. The van der Waals surface area contributed by atoms with Gasteiger partial charge in [0.15, 0.2) is 5.82 Å². The number of hydrogen-bond acceptors (Lipinski definition) is 5. The van der Waals surface area contributed by atoms with Gasteiger partial charge in [0.1, 0.15) is 29.5 Å². The normalized spacial score (nSPS) is 18.1. The molecular formula is C23H20ClF2N5O2. The number of aromatic nitrogens is 2. The Morgan fingerprint density at radius 3 is 2.48 bits per heavy atom. The Labute approximate surface area is 193 Å². The van der Waals surface area contributed by atoms with Crippen LogP contribution in [0.4, 0.5) is 14.6 Å². The van der Waals surface area contributed by atoms with E-state index in [4.69, 9.17) is 11.6 Å². The minimum absolute atomic E-state index is 0.0400. The lowest BCUT2D eigenvalue weighted by Crippen LogP contribution is -2.50.